The molecule has 0 radical (unpaired) electrons. The molecule has 0 spiro atoms. The summed E-state index contributed by atoms with van der Waals surface area (Å²) in [5.41, 5.74) is -0.660. The van der Waals surface area contributed by atoms with Gasteiger partial charge in [-0.25, -0.2) is 0 Å². The van der Waals surface area contributed by atoms with E-state index in [-0.39, 0.29) is 5.91 Å². The molecule has 0 bridgehead atoms. The number of hydrogen-bond acceptors (Lipinski definition) is 7. The first-order chi connectivity index (χ1) is 10.4. The van der Waals surface area contributed by atoms with Gasteiger partial charge in [0.25, 0.3) is 0 Å². The van der Waals surface area contributed by atoms with Crippen LogP contribution in [0.2, 0.25) is 0 Å². The number of carbonyl (C=O) groups is 1. The summed E-state index contributed by atoms with van der Waals surface area (Å²) in [6, 6.07) is -0.791. The number of aliphatic hydroxyl groups is 3. The van der Waals surface area contributed by atoms with E-state index in [4.69, 9.17) is 17.0 Å². The molecule has 0 unspecified atom stereocenters. The zero-order valence-corrected chi connectivity index (χ0v) is 14.0. The van der Waals surface area contributed by atoms with Gasteiger partial charge in [-0.3, -0.25) is 4.79 Å². The van der Waals surface area contributed by atoms with E-state index in [9.17, 15) is 20.1 Å². The average Bonchev–Trinajstić information content (AvgIpc) is 3.00. The Morgan fingerprint density at radius 1 is 1.36 bits per heavy atom. The van der Waals surface area contributed by atoms with Gasteiger partial charge in [-0.2, -0.15) is 0 Å². The summed E-state index contributed by atoms with van der Waals surface area (Å²) >= 11 is 6.62. The second kappa shape index (κ2) is 7.89. The van der Waals surface area contributed by atoms with Crippen LogP contribution in [0.15, 0.2) is 0 Å². The number of ether oxygens (including phenoxy) is 1. The molecule has 4 N–H and O–H groups in total. The Morgan fingerprint density at radius 2 is 2.00 bits per heavy atom. The van der Waals surface area contributed by atoms with E-state index in [2.05, 4.69) is 10.2 Å². The standard InChI is InChI=1S/C13H22N2O5S2/c1-7(17)14-9-11(19)10(18)8(6-16)20-12(9)22-13(21)15-4-2-3-5-15/h8-12,16,18-19H,2-6H2,1H3,(H,14,17)/t8-,9-,10-,11-,12+/m1/s1. The third kappa shape index (κ3) is 4.09. The minimum atomic E-state index is -1.26. The molecule has 9 heteroatoms. The molecule has 0 aromatic carbocycles. The van der Waals surface area contributed by atoms with E-state index in [1.807, 2.05) is 0 Å². The molecular formula is C13H22N2O5S2. The topological polar surface area (TPSA) is 102 Å². The number of amides is 1. The van der Waals surface area contributed by atoms with Crippen molar-refractivity contribution in [2.75, 3.05) is 19.7 Å². The summed E-state index contributed by atoms with van der Waals surface area (Å²) in [6.45, 7) is 2.69. The number of nitrogens with zero attached hydrogens (tertiary/aromatic N) is 1. The second-order valence-electron chi connectivity index (χ2n) is 5.51. The van der Waals surface area contributed by atoms with Crippen molar-refractivity contribution in [2.45, 2.75) is 49.6 Å². The Hall–Kier alpha value is -0.450. The van der Waals surface area contributed by atoms with E-state index in [0.29, 0.717) is 4.32 Å². The molecule has 22 heavy (non-hydrogen) atoms. The van der Waals surface area contributed by atoms with Crippen molar-refractivity contribution < 1.29 is 24.9 Å². The summed E-state index contributed by atoms with van der Waals surface area (Å²) < 4.78 is 6.27. The SMILES string of the molecule is CC(=O)N[C@@H]1[C@@H](O)[C@H](O)[C@@H](CO)O[C@H]1SC(=S)N1CCCC1. The van der Waals surface area contributed by atoms with Crippen molar-refractivity contribution >= 4 is 34.2 Å². The molecule has 2 fully saturated rings. The summed E-state index contributed by atoms with van der Waals surface area (Å²) in [4.78, 5) is 13.4. The minimum absolute atomic E-state index is 0.333. The van der Waals surface area contributed by atoms with Crippen molar-refractivity contribution in [3.63, 3.8) is 0 Å². The first-order valence-corrected chi connectivity index (χ1v) is 8.58. The van der Waals surface area contributed by atoms with Crippen molar-refractivity contribution in [2.24, 2.45) is 0 Å². The Kier molecular flexibility index (Phi) is 6.42. The highest BCUT2D eigenvalue weighted by Gasteiger charge is 2.45. The van der Waals surface area contributed by atoms with Gasteiger partial charge in [-0.15, -0.1) is 0 Å². The van der Waals surface area contributed by atoms with Crippen LogP contribution in [0.1, 0.15) is 19.8 Å². The number of thioether (sulfide) groups is 1. The second-order valence-corrected chi connectivity index (χ2v) is 7.24. The molecule has 126 valence electrons. The number of rotatable bonds is 3. The van der Waals surface area contributed by atoms with Crippen molar-refractivity contribution in [3.05, 3.63) is 0 Å². The van der Waals surface area contributed by atoms with E-state index in [1.54, 1.807) is 0 Å². The van der Waals surface area contributed by atoms with Crippen LogP contribution in [-0.2, 0) is 9.53 Å². The number of hydrogen-bond donors (Lipinski definition) is 4. The molecule has 1 amide bonds. The number of nitrogens with one attached hydrogen (secondary N) is 1. The first-order valence-electron chi connectivity index (χ1n) is 7.29. The number of aliphatic hydroxyl groups excluding tert-OH is 3. The highest BCUT2D eigenvalue weighted by atomic mass is 32.2. The molecule has 2 aliphatic heterocycles. The predicted octanol–water partition coefficient (Wildman–Crippen LogP) is -0.956. The van der Waals surface area contributed by atoms with E-state index in [1.165, 1.54) is 18.7 Å². The zero-order valence-electron chi connectivity index (χ0n) is 12.3. The van der Waals surface area contributed by atoms with Gasteiger partial charge in [0.15, 0.2) is 0 Å². The fraction of sp³-hybridized carbons (Fsp3) is 0.846. The van der Waals surface area contributed by atoms with E-state index >= 15 is 0 Å². The van der Waals surface area contributed by atoms with Crippen LogP contribution in [-0.4, -0.2) is 79.9 Å². The number of thiocarbonyl (C=S) groups is 1. The van der Waals surface area contributed by atoms with Crippen LogP contribution < -0.4 is 5.32 Å². The van der Waals surface area contributed by atoms with Crippen molar-refractivity contribution in [3.8, 4) is 0 Å². The van der Waals surface area contributed by atoms with Gasteiger partial charge >= 0.3 is 0 Å². The molecule has 2 aliphatic rings. The van der Waals surface area contributed by atoms with E-state index < -0.39 is 36.4 Å². The normalized spacial score (nSPS) is 35.5. The Labute approximate surface area is 139 Å². The molecule has 0 aliphatic carbocycles. The fourth-order valence-electron chi connectivity index (χ4n) is 2.64. The van der Waals surface area contributed by atoms with Crippen molar-refractivity contribution in [1.29, 1.82) is 0 Å². The van der Waals surface area contributed by atoms with Crippen LogP contribution in [0, 0.1) is 0 Å². The highest BCUT2D eigenvalue weighted by Crippen LogP contribution is 2.31. The lowest BCUT2D eigenvalue weighted by atomic mass is 9.98. The Balaban J connectivity index is 2.08. The number of likely N-dealkylation sites (tertiary alicyclic amines) is 1. The maximum Gasteiger partial charge on any atom is 0.217 e. The van der Waals surface area contributed by atoms with Gasteiger partial charge in [0.1, 0.15) is 28.1 Å². The summed E-state index contributed by atoms with van der Waals surface area (Å²) in [6.07, 6.45) is -1.23. The molecule has 2 heterocycles. The van der Waals surface area contributed by atoms with Gasteiger partial charge in [0.05, 0.1) is 12.6 Å². The summed E-state index contributed by atoms with van der Waals surface area (Å²) in [5, 5.41) is 32.0. The summed E-state index contributed by atoms with van der Waals surface area (Å²) in [7, 11) is 0. The maximum absolute atomic E-state index is 11.3. The van der Waals surface area contributed by atoms with Crippen LogP contribution in [0.4, 0.5) is 0 Å². The van der Waals surface area contributed by atoms with Crippen LogP contribution >= 0.6 is 24.0 Å². The highest BCUT2D eigenvalue weighted by molar-refractivity contribution is 8.23. The third-order valence-corrected chi connectivity index (χ3v) is 5.48. The van der Waals surface area contributed by atoms with Crippen LogP contribution in [0.5, 0.6) is 0 Å². The lowest BCUT2D eigenvalue weighted by Crippen LogP contribution is -2.63. The smallest absolute Gasteiger partial charge is 0.217 e. The molecule has 2 saturated heterocycles. The quantitative estimate of drug-likeness (QED) is 0.483. The summed E-state index contributed by atoms with van der Waals surface area (Å²) in [5.74, 6) is -0.333. The molecule has 0 aromatic rings. The van der Waals surface area contributed by atoms with Gasteiger partial charge in [-0.05, 0) is 12.8 Å². The lowest BCUT2D eigenvalue weighted by Gasteiger charge is -2.42. The maximum atomic E-state index is 11.3. The molecule has 5 atom stereocenters. The van der Waals surface area contributed by atoms with Crippen molar-refractivity contribution in [1.82, 2.24) is 10.2 Å². The largest absolute Gasteiger partial charge is 0.394 e. The lowest BCUT2D eigenvalue weighted by molar-refractivity contribution is -0.173. The molecular weight excluding hydrogens is 328 g/mol. The van der Waals surface area contributed by atoms with Crippen LogP contribution in [0.3, 0.4) is 0 Å². The van der Waals surface area contributed by atoms with E-state index in [0.717, 1.165) is 25.9 Å². The molecule has 7 nitrogen and oxygen atoms in total. The zero-order chi connectivity index (χ0) is 16.3. The minimum Gasteiger partial charge on any atom is -0.394 e. The monoisotopic (exact) mass is 350 g/mol. The first kappa shape index (κ1) is 17.9. The van der Waals surface area contributed by atoms with Gasteiger partial charge in [-0.1, -0.05) is 24.0 Å². The van der Waals surface area contributed by atoms with Gasteiger partial charge in [0.2, 0.25) is 5.91 Å². The van der Waals surface area contributed by atoms with Gasteiger partial charge < -0.3 is 30.3 Å². The van der Waals surface area contributed by atoms with Gasteiger partial charge in [0, 0.05) is 20.0 Å². The molecule has 0 aromatic heterocycles. The predicted molar refractivity (Wildman–Crippen MR) is 86.4 cm³/mol. The third-order valence-electron chi connectivity index (χ3n) is 3.83. The average molecular weight is 350 g/mol. The van der Waals surface area contributed by atoms with Crippen LogP contribution in [0.25, 0.3) is 0 Å². The Bertz CT molecular complexity index is 419. The Morgan fingerprint density at radius 3 is 2.55 bits per heavy atom. The molecule has 2 rings (SSSR count). The fourth-order valence-corrected chi connectivity index (χ4v) is 4.22. The molecule has 0 saturated carbocycles. The number of carbonyl (C=O) groups excluding carboxylic acids is 1.